The summed E-state index contributed by atoms with van der Waals surface area (Å²) >= 11 is 0. The summed E-state index contributed by atoms with van der Waals surface area (Å²) in [5, 5.41) is -1.30. The van der Waals surface area contributed by atoms with Crippen molar-refractivity contribution in [3.8, 4) is 0 Å². The molecule has 0 fully saturated rings. The molecule has 1 rings (SSSR count). The molecular formula is C5H4ClF2NO3S. The van der Waals surface area contributed by atoms with Gasteiger partial charge in [0.1, 0.15) is 0 Å². The smallest absolute Gasteiger partial charge is 0.281 e. The van der Waals surface area contributed by atoms with E-state index in [4.69, 9.17) is 4.55 Å². The fourth-order valence-electron chi connectivity index (χ4n) is 0.582. The van der Waals surface area contributed by atoms with E-state index < -0.39 is 26.9 Å². The summed E-state index contributed by atoms with van der Waals surface area (Å²) in [6, 6.07) is 1.20. The van der Waals surface area contributed by atoms with Crippen LogP contribution in [-0.2, 0) is 10.1 Å². The molecule has 0 unspecified atom stereocenters. The zero-order valence-corrected chi connectivity index (χ0v) is 7.57. The Morgan fingerprint density at radius 2 is 1.85 bits per heavy atom. The maximum absolute atomic E-state index is 12.5. The number of nitrogens with zero attached hydrogens (tertiary/aromatic N) is 1. The summed E-state index contributed by atoms with van der Waals surface area (Å²) in [7, 11) is -4.78. The summed E-state index contributed by atoms with van der Waals surface area (Å²) in [6.45, 7) is 0. The zero-order chi connectivity index (χ0) is 9.35. The van der Waals surface area contributed by atoms with Crippen molar-refractivity contribution in [3.05, 3.63) is 23.9 Å². The molecule has 0 amide bonds. The van der Waals surface area contributed by atoms with Gasteiger partial charge in [-0.15, -0.1) is 12.4 Å². The van der Waals surface area contributed by atoms with Gasteiger partial charge in [-0.2, -0.15) is 12.8 Å². The molecule has 0 aliphatic rings. The van der Waals surface area contributed by atoms with Gasteiger partial charge < -0.3 is 0 Å². The molecule has 1 N–H and O–H groups in total. The highest BCUT2D eigenvalue weighted by molar-refractivity contribution is 7.85. The molecule has 0 saturated carbocycles. The molecule has 1 heterocycles. The molecule has 0 atom stereocenters. The molecule has 0 radical (unpaired) electrons. The Labute approximate surface area is 78.8 Å². The molecule has 0 aromatic carbocycles. The van der Waals surface area contributed by atoms with Crippen molar-refractivity contribution in [2.24, 2.45) is 0 Å². The van der Waals surface area contributed by atoms with Crippen LogP contribution in [-0.4, -0.2) is 18.0 Å². The molecule has 0 bridgehead atoms. The second-order valence-electron chi connectivity index (χ2n) is 1.90. The Bertz CT molecular complexity index is 408. The first kappa shape index (κ1) is 12.2. The van der Waals surface area contributed by atoms with Crippen LogP contribution in [0.25, 0.3) is 0 Å². The molecule has 0 aliphatic carbocycles. The summed E-state index contributed by atoms with van der Waals surface area (Å²) in [4.78, 5) is 2.66. The van der Waals surface area contributed by atoms with Crippen molar-refractivity contribution in [1.29, 1.82) is 0 Å². The molecule has 0 saturated heterocycles. The average Bonchev–Trinajstić information content (AvgIpc) is 1.92. The van der Waals surface area contributed by atoms with Crippen LogP contribution < -0.4 is 0 Å². The highest BCUT2D eigenvalue weighted by Gasteiger charge is 2.18. The van der Waals surface area contributed by atoms with Gasteiger partial charge in [-0.1, -0.05) is 0 Å². The first-order valence-corrected chi connectivity index (χ1v) is 4.15. The molecule has 8 heteroatoms. The summed E-state index contributed by atoms with van der Waals surface area (Å²) in [6.07, 6.45) is 0. The molecule has 13 heavy (non-hydrogen) atoms. The molecule has 74 valence electrons. The maximum atomic E-state index is 12.5. The standard InChI is InChI=1S/C5H3F2NO3S.ClH/c6-3-1-2-4(7)8-5(3)12(9,10)11;/h1-2H,(H,9,10,11);1H. The van der Waals surface area contributed by atoms with Crippen LogP contribution in [0.2, 0.25) is 0 Å². The molecule has 1 aromatic heterocycles. The minimum Gasteiger partial charge on any atom is -0.281 e. The number of hydrogen-bond acceptors (Lipinski definition) is 3. The molecule has 0 aliphatic heterocycles. The third-order valence-corrected chi connectivity index (χ3v) is 1.80. The topological polar surface area (TPSA) is 67.3 Å². The Morgan fingerprint density at radius 3 is 2.23 bits per heavy atom. The van der Waals surface area contributed by atoms with Gasteiger partial charge in [0, 0.05) is 0 Å². The molecule has 1 aromatic rings. The SMILES string of the molecule is Cl.O=S(=O)(O)c1nc(F)ccc1F. The Morgan fingerprint density at radius 1 is 1.31 bits per heavy atom. The van der Waals surface area contributed by atoms with E-state index in [1.807, 2.05) is 0 Å². The fraction of sp³-hybridized carbons (Fsp3) is 0. The fourth-order valence-corrected chi connectivity index (χ4v) is 1.10. The predicted molar refractivity (Wildman–Crippen MR) is 41.2 cm³/mol. The lowest BCUT2D eigenvalue weighted by Crippen LogP contribution is -2.05. The van der Waals surface area contributed by atoms with Crippen LogP contribution in [0, 0.1) is 11.8 Å². The molecule has 4 nitrogen and oxygen atoms in total. The van der Waals surface area contributed by atoms with Crippen LogP contribution in [0.4, 0.5) is 8.78 Å². The van der Waals surface area contributed by atoms with Gasteiger partial charge in [0.05, 0.1) is 0 Å². The Balaban J connectivity index is 0.00000144. The summed E-state index contributed by atoms with van der Waals surface area (Å²) < 4.78 is 53.6. The quantitative estimate of drug-likeness (QED) is 0.579. The monoisotopic (exact) mass is 231 g/mol. The van der Waals surface area contributed by atoms with Crippen LogP contribution in [0.15, 0.2) is 17.2 Å². The Kier molecular flexibility index (Phi) is 3.71. The first-order chi connectivity index (χ1) is 5.41. The van der Waals surface area contributed by atoms with E-state index in [2.05, 4.69) is 4.98 Å². The minimum absolute atomic E-state index is 0. The van der Waals surface area contributed by atoms with Crippen LogP contribution >= 0.6 is 12.4 Å². The largest absolute Gasteiger partial charge is 0.315 e. The van der Waals surface area contributed by atoms with E-state index in [0.717, 1.165) is 0 Å². The van der Waals surface area contributed by atoms with E-state index in [1.165, 1.54) is 0 Å². The number of pyridine rings is 1. The van der Waals surface area contributed by atoms with Gasteiger partial charge in [-0.3, -0.25) is 4.55 Å². The zero-order valence-electron chi connectivity index (χ0n) is 5.94. The molecular weight excluding hydrogens is 228 g/mol. The van der Waals surface area contributed by atoms with Crippen molar-refractivity contribution in [3.63, 3.8) is 0 Å². The number of aromatic nitrogens is 1. The van der Waals surface area contributed by atoms with Gasteiger partial charge in [0.2, 0.25) is 11.0 Å². The summed E-state index contributed by atoms with van der Waals surface area (Å²) in [5.74, 6) is -2.47. The Hall–Kier alpha value is -0.790. The average molecular weight is 232 g/mol. The van der Waals surface area contributed by atoms with Crippen molar-refractivity contribution >= 4 is 22.5 Å². The van der Waals surface area contributed by atoms with Gasteiger partial charge in [0.15, 0.2) is 5.82 Å². The van der Waals surface area contributed by atoms with Crippen molar-refractivity contribution in [1.82, 2.24) is 4.98 Å². The summed E-state index contributed by atoms with van der Waals surface area (Å²) in [5.41, 5.74) is 0. The van der Waals surface area contributed by atoms with E-state index >= 15 is 0 Å². The van der Waals surface area contributed by atoms with Crippen molar-refractivity contribution in [2.75, 3.05) is 0 Å². The van der Waals surface area contributed by atoms with E-state index in [-0.39, 0.29) is 12.4 Å². The normalized spacial score (nSPS) is 10.7. The minimum atomic E-state index is -4.78. The number of halogens is 3. The van der Waals surface area contributed by atoms with Gasteiger partial charge in [-0.25, -0.2) is 9.37 Å². The highest BCUT2D eigenvalue weighted by atomic mass is 35.5. The second-order valence-corrected chi connectivity index (χ2v) is 3.23. The van der Waals surface area contributed by atoms with Gasteiger partial charge >= 0.3 is 10.1 Å². The third-order valence-electron chi connectivity index (χ3n) is 1.02. The van der Waals surface area contributed by atoms with Crippen molar-refractivity contribution < 1.29 is 21.8 Å². The highest BCUT2D eigenvalue weighted by Crippen LogP contribution is 2.10. The number of rotatable bonds is 1. The lowest BCUT2D eigenvalue weighted by atomic mass is 10.5. The van der Waals surface area contributed by atoms with Crippen molar-refractivity contribution in [2.45, 2.75) is 5.03 Å². The van der Waals surface area contributed by atoms with Crippen LogP contribution in [0.5, 0.6) is 0 Å². The first-order valence-electron chi connectivity index (χ1n) is 2.71. The maximum Gasteiger partial charge on any atom is 0.315 e. The van der Waals surface area contributed by atoms with E-state index in [9.17, 15) is 17.2 Å². The van der Waals surface area contributed by atoms with Gasteiger partial charge in [-0.05, 0) is 12.1 Å². The predicted octanol–water partition coefficient (Wildman–Crippen LogP) is 1.03. The van der Waals surface area contributed by atoms with E-state index in [0.29, 0.717) is 12.1 Å². The third kappa shape index (κ3) is 2.87. The lowest BCUT2D eigenvalue weighted by Gasteiger charge is -1.96. The molecule has 0 spiro atoms. The lowest BCUT2D eigenvalue weighted by molar-refractivity contribution is 0.455. The number of hydrogen-bond donors (Lipinski definition) is 1. The van der Waals surface area contributed by atoms with E-state index in [1.54, 1.807) is 0 Å². The van der Waals surface area contributed by atoms with Crippen LogP contribution in [0.1, 0.15) is 0 Å². The second kappa shape index (κ2) is 3.95. The van der Waals surface area contributed by atoms with Crippen LogP contribution in [0.3, 0.4) is 0 Å². The van der Waals surface area contributed by atoms with Gasteiger partial charge in [0.25, 0.3) is 0 Å².